The summed E-state index contributed by atoms with van der Waals surface area (Å²) in [5, 5.41) is 0. The quantitative estimate of drug-likeness (QED) is 0.627. The van der Waals surface area contributed by atoms with Gasteiger partial charge in [-0.3, -0.25) is 0 Å². The van der Waals surface area contributed by atoms with Crippen LogP contribution in [0.15, 0.2) is 24.3 Å². The third kappa shape index (κ3) is 2.86. The highest BCUT2D eigenvalue weighted by Gasteiger charge is 2.27. The molecule has 0 saturated carbocycles. The summed E-state index contributed by atoms with van der Waals surface area (Å²) in [4.78, 5) is 0. The molecule has 0 aromatic heterocycles. The predicted octanol–water partition coefficient (Wildman–Crippen LogP) is 2.72. The third-order valence-electron chi connectivity index (χ3n) is 1.29. The smallest absolute Gasteiger partial charge is 0.635 e. The van der Waals surface area contributed by atoms with Crippen molar-refractivity contribution in [1.82, 2.24) is 0 Å². The average Bonchev–Trinajstić information content (AvgIpc) is 1.91. The zero-order chi connectivity index (χ0) is 9.19. The Morgan fingerprint density at radius 1 is 1.08 bits per heavy atom. The predicted molar refractivity (Wildman–Crippen MR) is 40.9 cm³/mol. The van der Waals surface area contributed by atoms with Crippen molar-refractivity contribution in [3.8, 4) is 5.75 Å². The molecule has 1 nitrogen and oxygen atoms in total. The van der Waals surface area contributed by atoms with Crippen LogP contribution in [-0.4, -0.2) is 7.18 Å². The van der Waals surface area contributed by atoms with Crippen LogP contribution in [0.1, 0.15) is 5.56 Å². The topological polar surface area (TPSA) is 9.23 Å². The Kier molecular flexibility index (Phi) is 2.31. The lowest BCUT2D eigenvalue weighted by Crippen LogP contribution is -2.24. The van der Waals surface area contributed by atoms with Gasteiger partial charge in [0.1, 0.15) is 0 Å². The molecule has 0 bridgehead atoms. The molecule has 1 rings (SSSR count). The Morgan fingerprint density at radius 3 is 2.00 bits per heavy atom. The number of rotatable bonds is 2. The fourth-order valence-electron chi connectivity index (χ4n) is 0.771. The minimum atomic E-state index is -5.19. The molecular formula is C7H7BF3O-. The molecule has 0 unspecified atom stereocenters. The molecule has 0 N–H and O–H groups in total. The van der Waals surface area contributed by atoms with Crippen molar-refractivity contribution in [3.63, 3.8) is 0 Å². The van der Waals surface area contributed by atoms with Gasteiger partial charge in [0, 0.05) is 0 Å². The number of hydrogen-bond donors (Lipinski definition) is 0. The number of hydrogen-bond acceptors (Lipinski definition) is 1. The maximum Gasteiger partial charge on any atom is 0.699 e. The summed E-state index contributed by atoms with van der Waals surface area (Å²) >= 11 is 0. The zero-order valence-corrected chi connectivity index (χ0v) is 6.43. The molecule has 0 heterocycles. The Balaban J connectivity index is 2.71. The van der Waals surface area contributed by atoms with E-state index >= 15 is 0 Å². The van der Waals surface area contributed by atoms with Crippen LogP contribution in [0.25, 0.3) is 0 Å². The molecule has 0 saturated heterocycles. The molecule has 0 radical (unpaired) electrons. The normalized spacial score (nSPS) is 11.3. The molecule has 0 spiro atoms. The van der Waals surface area contributed by atoms with Crippen molar-refractivity contribution in [1.29, 1.82) is 0 Å². The summed E-state index contributed by atoms with van der Waals surface area (Å²) in [7, 11) is -5.19. The lowest BCUT2D eigenvalue weighted by molar-refractivity contribution is 0.296. The molecule has 0 atom stereocenters. The van der Waals surface area contributed by atoms with E-state index in [-0.39, 0.29) is 5.75 Å². The van der Waals surface area contributed by atoms with Gasteiger partial charge in [0.15, 0.2) is 0 Å². The van der Waals surface area contributed by atoms with Gasteiger partial charge in [-0.25, -0.2) is 0 Å². The molecule has 1 aromatic rings. The second-order valence-corrected chi connectivity index (χ2v) is 2.45. The third-order valence-corrected chi connectivity index (χ3v) is 1.29. The first kappa shape index (κ1) is 8.97. The number of aryl methyl sites for hydroxylation is 1. The molecule has 0 aliphatic heterocycles. The van der Waals surface area contributed by atoms with Crippen LogP contribution < -0.4 is 4.65 Å². The van der Waals surface area contributed by atoms with Gasteiger partial charge in [0.05, 0.1) is 5.75 Å². The van der Waals surface area contributed by atoms with Crippen molar-refractivity contribution >= 4 is 7.18 Å². The van der Waals surface area contributed by atoms with Gasteiger partial charge in [-0.2, -0.15) is 0 Å². The zero-order valence-electron chi connectivity index (χ0n) is 6.43. The van der Waals surface area contributed by atoms with E-state index in [1.165, 1.54) is 12.1 Å². The van der Waals surface area contributed by atoms with Crippen LogP contribution in [0.5, 0.6) is 5.75 Å². The van der Waals surface area contributed by atoms with Gasteiger partial charge in [0.2, 0.25) is 0 Å². The molecule has 0 fully saturated rings. The summed E-state index contributed by atoms with van der Waals surface area (Å²) in [5.74, 6) is -0.159. The maximum atomic E-state index is 11.7. The summed E-state index contributed by atoms with van der Waals surface area (Å²) in [6.07, 6.45) is 0. The molecule has 5 heteroatoms. The lowest BCUT2D eigenvalue weighted by atomic mass is 10.2. The summed E-state index contributed by atoms with van der Waals surface area (Å²) in [6, 6.07) is 5.73. The van der Waals surface area contributed by atoms with Crippen molar-refractivity contribution < 1.29 is 17.6 Å². The van der Waals surface area contributed by atoms with Crippen LogP contribution in [0.3, 0.4) is 0 Å². The minimum Gasteiger partial charge on any atom is -0.635 e. The van der Waals surface area contributed by atoms with Gasteiger partial charge in [-0.15, -0.1) is 0 Å². The van der Waals surface area contributed by atoms with E-state index in [9.17, 15) is 12.9 Å². The Bertz CT molecular complexity index is 254. The molecule has 0 amide bonds. The second-order valence-electron chi connectivity index (χ2n) is 2.45. The number of halogens is 3. The molecular weight excluding hydrogens is 168 g/mol. The van der Waals surface area contributed by atoms with Crippen LogP contribution in [0, 0.1) is 6.92 Å². The first-order valence-corrected chi connectivity index (χ1v) is 3.42. The van der Waals surface area contributed by atoms with Crippen LogP contribution >= 0.6 is 0 Å². The van der Waals surface area contributed by atoms with E-state index < -0.39 is 7.18 Å². The van der Waals surface area contributed by atoms with E-state index in [0.29, 0.717) is 0 Å². The van der Waals surface area contributed by atoms with E-state index in [4.69, 9.17) is 0 Å². The molecule has 12 heavy (non-hydrogen) atoms. The van der Waals surface area contributed by atoms with Crippen molar-refractivity contribution in [2.75, 3.05) is 0 Å². The van der Waals surface area contributed by atoms with Crippen molar-refractivity contribution in [2.45, 2.75) is 6.92 Å². The van der Waals surface area contributed by atoms with Gasteiger partial charge in [0.25, 0.3) is 0 Å². The molecule has 0 aliphatic carbocycles. The van der Waals surface area contributed by atoms with Gasteiger partial charge in [-0.05, 0) is 19.1 Å². The van der Waals surface area contributed by atoms with Crippen LogP contribution in [0.4, 0.5) is 12.9 Å². The monoisotopic (exact) mass is 175 g/mol. The first-order chi connectivity index (χ1) is 5.47. The molecule has 1 aromatic carbocycles. The highest BCUT2D eigenvalue weighted by molar-refractivity contribution is 6.51. The van der Waals surface area contributed by atoms with Crippen LogP contribution in [0.2, 0.25) is 0 Å². The SMILES string of the molecule is Cc1ccc(O[B-](F)(F)F)cc1. The first-order valence-electron chi connectivity index (χ1n) is 3.42. The fraction of sp³-hybridized carbons (Fsp3) is 0.143. The highest BCUT2D eigenvalue weighted by Crippen LogP contribution is 2.18. The Labute approximate surface area is 68.2 Å². The van der Waals surface area contributed by atoms with Crippen molar-refractivity contribution in [3.05, 3.63) is 29.8 Å². The standard InChI is InChI=1S/C7H7BF3O/c1-6-2-4-7(5-3-6)12-8(9,10)11/h2-5H,1H3/q-1. The minimum absolute atomic E-state index is 0.159. The lowest BCUT2D eigenvalue weighted by Gasteiger charge is -2.18. The van der Waals surface area contributed by atoms with Gasteiger partial charge >= 0.3 is 7.18 Å². The largest absolute Gasteiger partial charge is 0.699 e. The summed E-state index contributed by atoms with van der Waals surface area (Å²) < 4.78 is 38.8. The van der Waals surface area contributed by atoms with Crippen molar-refractivity contribution in [2.24, 2.45) is 0 Å². The fourth-order valence-corrected chi connectivity index (χ4v) is 0.771. The van der Waals surface area contributed by atoms with Crippen LogP contribution in [-0.2, 0) is 0 Å². The maximum absolute atomic E-state index is 11.7. The Morgan fingerprint density at radius 2 is 1.58 bits per heavy atom. The van der Waals surface area contributed by atoms with E-state index in [2.05, 4.69) is 4.65 Å². The molecule has 66 valence electrons. The van der Waals surface area contributed by atoms with E-state index in [0.717, 1.165) is 5.56 Å². The summed E-state index contributed by atoms with van der Waals surface area (Å²) in [6.45, 7) is 1.79. The number of benzene rings is 1. The van der Waals surface area contributed by atoms with E-state index in [1.807, 2.05) is 0 Å². The Hall–Kier alpha value is -1.13. The highest BCUT2D eigenvalue weighted by atomic mass is 19.4. The molecule has 0 aliphatic rings. The van der Waals surface area contributed by atoms with Gasteiger partial charge < -0.3 is 17.6 Å². The van der Waals surface area contributed by atoms with E-state index in [1.54, 1.807) is 19.1 Å². The van der Waals surface area contributed by atoms with Gasteiger partial charge in [-0.1, -0.05) is 17.7 Å². The second kappa shape index (κ2) is 3.09. The summed E-state index contributed by atoms with van der Waals surface area (Å²) in [5.41, 5.74) is 0.900. The average molecular weight is 175 g/mol.